The van der Waals surface area contributed by atoms with Gasteiger partial charge in [0.05, 0.1) is 18.8 Å². The average Bonchev–Trinajstić information content (AvgIpc) is 3.19. The van der Waals surface area contributed by atoms with E-state index in [1.54, 1.807) is 6.08 Å². The van der Waals surface area contributed by atoms with Crippen LogP contribution in [0, 0.1) is 0 Å². The Hall–Kier alpha value is -1.39. The molecule has 0 spiro atoms. The molecule has 0 saturated carbocycles. The lowest BCUT2D eigenvalue weighted by Gasteiger charge is -2.19. The molecule has 0 radical (unpaired) electrons. The number of rotatable bonds is 45. The minimum absolute atomic E-state index is 0.0727. The normalized spacial score (nSPS) is 13.2. The minimum atomic E-state index is -0.861. The fourth-order valence-electron chi connectivity index (χ4n) is 7.54. The van der Waals surface area contributed by atoms with Crippen LogP contribution in [0.2, 0.25) is 0 Å². The smallest absolute Gasteiger partial charge is 0.220 e. The van der Waals surface area contributed by atoms with Crippen molar-refractivity contribution in [2.45, 2.75) is 276 Å². The molecule has 4 heteroatoms. The van der Waals surface area contributed by atoms with Crippen LogP contribution in [-0.4, -0.2) is 34.9 Å². The molecule has 0 fully saturated rings. The molecule has 324 valence electrons. The third kappa shape index (κ3) is 43.6. The second kappa shape index (κ2) is 47.0. The van der Waals surface area contributed by atoms with E-state index in [0.717, 1.165) is 32.1 Å². The second-order valence-corrected chi connectivity index (χ2v) is 16.9. The first-order valence-corrected chi connectivity index (χ1v) is 24.7. The van der Waals surface area contributed by atoms with Crippen molar-refractivity contribution >= 4 is 5.91 Å². The lowest BCUT2D eigenvalue weighted by Crippen LogP contribution is -2.45. The molecule has 2 unspecified atom stereocenters. The Labute approximate surface area is 344 Å². The van der Waals surface area contributed by atoms with Gasteiger partial charge in [0.25, 0.3) is 0 Å². The van der Waals surface area contributed by atoms with E-state index in [2.05, 4.69) is 43.5 Å². The number of aliphatic hydroxyl groups excluding tert-OH is 2. The molecular weight excluding hydrogens is 675 g/mol. The molecular formula is C51H97NO3. The molecule has 55 heavy (non-hydrogen) atoms. The summed E-state index contributed by atoms with van der Waals surface area (Å²) in [4.78, 5) is 12.4. The highest BCUT2D eigenvalue weighted by Gasteiger charge is 2.17. The topological polar surface area (TPSA) is 69.6 Å². The molecule has 0 aromatic rings. The van der Waals surface area contributed by atoms with Gasteiger partial charge in [-0.15, -0.1) is 0 Å². The third-order valence-corrected chi connectivity index (χ3v) is 11.3. The maximum atomic E-state index is 12.4. The molecule has 0 aliphatic carbocycles. The number of hydrogen-bond donors (Lipinski definition) is 3. The van der Waals surface area contributed by atoms with Gasteiger partial charge < -0.3 is 15.5 Å². The average molecular weight is 772 g/mol. The van der Waals surface area contributed by atoms with Gasteiger partial charge in [0.2, 0.25) is 5.91 Å². The van der Waals surface area contributed by atoms with Crippen LogP contribution in [0.15, 0.2) is 36.5 Å². The van der Waals surface area contributed by atoms with Gasteiger partial charge in [-0.3, -0.25) is 4.79 Å². The van der Waals surface area contributed by atoms with Crippen LogP contribution < -0.4 is 5.32 Å². The van der Waals surface area contributed by atoms with E-state index in [0.29, 0.717) is 6.42 Å². The van der Waals surface area contributed by atoms with Crippen LogP contribution >= 0.6 is 0 Å². The maximum absolute atomic E-state index is 12.4. The highest BCUT2D eigenvalue weighted by Crippen LogP contribution is 2.15. The van der Waals surface area contributed by atoms with Crippen molar-refractivity contribution < 1.29 is 15.0 Å². The van der Waals surface area contributed by atoms with Gasteiger partial charge in [-0.1, -0.05) is 237 Å². The van der Waals surface area contributed by atoms with E-state index in [1.807, 2.05) is 6.08 Å². The summed E-state index contributed by atoms with van der Waals surface area (Å²) in [5, 5.41) is 23.0. The quantitative estimate of drug-likeness (QED) is 0.0426. The van der Waals surface area contributed by atoms with Gasteiger partial charge in [-0.25, -0.2) is 0 Å². The van der Waals surface area contributed by atoms with Crippen molar-refractivity contribution in [3.05, 3.63) is 36.5 Å². The van der Waals surface area contributed by atoms with Gasteiger partial charge in [-0.2, -0.15) is 0 Å². The molecule has 0 saturated heterocycles. The molecule has 1 amide bonds. The molecule has 0 aliphatic heterocycles. The zero-order chi connectivity index (χ0) is 40.0. The SMILES string of the molecule is CCCCCCCCCCCC/C=C/CC/C=C/C(O)C(CO)NC(=O)CCCCCCCCCCCCC/C=C\CCCCCCCCCCCCCC. The van der Waals surface area contributed by atoms with E-state index in [4.69, 9.17) is 0 Å². The van der Waals surface area contributed by atoms with Crippen molar-refractivity contribution in [2.75, 3.05) is 6.61 Å². The van der Waals surface area contributed by atoms with E-state index in [-0.39, 0.29) is 12.5 Å². The standard InChI is InChI=1S/C51H97NO3/c1-3-5-7-9-11-13-15-17-19-21-22-23-24-25-26-27-28-29-30-31-33-35-37-39-41-43-45-47-51(55)52-49(48-53)50(54)46-44-42-40-38-36-34-32-20-18-16-14-12-10-8-6-4-2/h25-26,36,38,44,46,49-50,53-54H,3-24,27-35,37,39-43,45,47-48H2,1-2H3,(H,52,55)/b26-25-,38-36+,46-44+. The summed E-state index contributed by atoms with van der Waals surface area (Å²) in [6.45, 7) is 4.31. The molecule has 0 aromatic heterocycles. The summed E-state index contributed by atoms with van der Waals surface area (Å²) >= 11 is 0. The molecule has 0 aliphatic rings. The summed E-state index contributed by atoms with van der Waals surface area (Å²) in [6, 6.07) is -0.638. The number of unbranched alkanes of at least 4 members (excludes halogenated alkanes) is 34. The number of amides is 1. The second-order valence-electron chi connectivity index (χ2n) is 16.9. The third-order valence-electron chi connectivity index (χ3n) is 11.3. The van der Waals surface area contributed by atoms with Crippen LogP contribution in [0.4, 0.5) is 0 Å². The number of nitrogens with one attached hydrogen (secondary N) is 1. The van der Waals surface area contributed by atoms with Crippen LogP contribution in [0.25, 0.3) is 0 Å². The van der Waals surface area contributed by atoms with Gasteiger partial charge in [0.1, 0.15) is 0 Å². The van der Waals surface area contributed by atoms with E-state index in [9.17, 15) is 15.0 Å². The lowest BCUT2D eigenvalue weighted by atomic mass is 10.0. The number of hydrogen-bond acceptors (Lipinski definition) is 3. The van der Waals surface area contributed by atoms with Gasteiger partial charge in [-0.05, 0) is 57.8 Å². The highest BCUT2D eigenvalue weighted by atomic mass is 16.3. The molecule has 0 rings (SSSR count). The Morgan fingerprint density at radius 3 is 1.05 bits per heavy atom. The van der Waals surface area contributed by atoms with Crippen molar-refractivity contribution in [1.82, 2.24) is 5.32 Å². The summed E-state index contributed by atoms with van der Waals surface area (Å²) in [5.41, 5.74) is 0. The van der Waals surface area contributed by atoms with Gasteiger partial charge >= 0.3 is 0 Å². The highest BCUT2D eigenvalue weighted by molar-refractivity contribution is 5.76. The molecule has 2 atom stereocenters. The number of aliphatic hydroxyl groups is 2. The Morgan fingerprint density at radius 2 is 0.709 bits per heavy atom. The largest absolute Gasteiger partial charge is 0.394 e. The summed E-state index contributed by atoms with van der Waals surface area (Å²) in [6.07, 6.45) is 62.8. The first kappa shape index (κ1) is 53.6. The Morgan fingerprint density at radius 1 is 0.418 bits per heavy atom. The van der Waals surface area contributed by atoms with Crippen molar-refractivity contribution in [3.8, 4) is 0 Å². The van der Waals surface area contributed by atoms with Crippen LogP contribution in [0.1, 0.15) is 264 Å². The fraction of sp³-hybridized carbons (Fsp3) is 0.863. The van der Waals surface area contributed by atoms with E-state index >= 15 is 0 Å². The zero-order valence-electron chi connectivity index (χ0n) is 37.2. The molecule has 0 heterocycles. The van der Waals surface area contributed by atoms with Gasteiger partial charge in [0.15, 0.2) is 0 Å². The maximum Gasteiger partial charge on any atom is 0.220 e. The molecule has 0 aromatic carbocycles. The summed E-state index contributed by atoms with van der Waals surface area (Å²) < 4.78 is 0. The Balaban J connectivity index is 3.52. The fourth-order valence-corrected chi connectivity index (χ4v) is 7.54. The van der Waals surface area contributed by atoms with Crippen LogP contribution in [0.5, 0.6) is 0 Å². The van der Waals surface area contributed by atoms with E-state index < -0.39 is 12.1 Å². The number of carbonyl (C=O) groups excluding carboxylic acids is 1. The molecule has 4 nitrogen and oxygen atoms in total. The van der Waals surface area contributed by atoms with E-state index in [1.165, 1.54) is 212 Å². The van der Waals surface area contributed by atoms with Crippen LogP contribution in [0.3, 0.4) is 0 Å². The minimum Gasteiger partial charge on any atom is -0.394 e. The van der Waals surface area contributed by atoms with Crippen LogP contribution in [-0.2, 0) is 4.79 Å². The Bertz CT molecular complexity index is 836. The van der Waals surface area contributed by atoms with Crippen molar-refractivity contribution in [2.24, 2.45) is 0 Å². The monoisotopic (exact) mass is 772 g/mol. The zero-order valence-corrected chi connectivity index (χ0v) is 37.2. The summed E-state index contributed by atoms with van der Waals surface area (Å²) in [7, 11) is 0. The predicted octanol–water partition coefficient (Wildman–Crippen LogP) is 15.7. The number of allylic oxidation sites excluding steroid dienone is 5. The Kier molecular flexibility index (Phi) is 45.8. The lowest BCUT2D eigenvalue weighted by molar-refractivity contribution is -0.123. The molecule has 0 bridgehead atoms. The first-order valence-electron chi connectivity index (χ1n) is 24.7. The van der Waals surface area contributed by atoms with Gasteiger partial charge in [0, 0.05) is 6.42 Å². The first-order chi connectivity index (χ1) is 27.2. The van der Waals surface area contributed by atoms with Crippen molar-refractivity contribution in [1.29, 1.82) is 0 Å². The van der Waals surface area contributed by atoms with Crippen molar-refractivity contribution in [3.63, 3.8) is 0 Å². The summed E-state index contributed by atoms with van der Waals surface area (Å²) in [5.74, 6) is -0.0727. The molecule has 3 N–H and O–H groups in total. The number of carbonyl (C=O) groups is 1. The predicted molar refractivity (Wildman–Crippen MR) is 244 cm³/mol.